The fourth-order valence-corrected chi connectivity index (χ4v) is 3.13. The van der Waals surface area contributed by atoms with Crippen molar-refractivity contribution in [2.45, 2.75) is 52.5 Å². The molecule has 0 saturated carbocycles. The van der Waals surface area contributed by atoms with Crippen molar-refractivity contribution in [2.75, 3.05) is 0 Å². The van der Waals surface area contributed by atoms with Gasteiger partial charge in [-0.1, -0.05) is 11.6 Å². The van der Waals surface area contributed by atoms with Crippen LogP contribution in [0.2, 0.25) is 0 Å². The summed E-state index contributed by atoms with van der Waals surface area (Å²) in [7, 11) is 0. The number of amides is 1. The Morgan fingerprint density at radius 2 is 2.00 bits per heavy atom. The summed E-state index contributed by atoms with van der Waals surface area (Å²) in [6.45, 7) is 6.06. The minimum absolute atomic E-state index is 0.0427. The summed E-state index contributed by atoms with van der Waals surface area (Å²) in [5.74, 6) is 0.0427. The number of aryl methyl sites for hydroxylation is 2. The van der Waals surface area contributed by atoms with Gasteiger partial charge in [-0.3, -0.25) is 9.78 Å². The number of rotatable bonds is 2. The first-order valence-electron chi connectivity index (χ1n) is 7.79. The molecule has 3 nitrogen and oxygen atoms in total. The molecule has 0 radical (unpaired) electrons. The van der Waals surface area contributed by atoms with E-state index in [2.05, 4.69) is 24.4 Å². The number of carbonyl (C=O) groups is 1. The molecule has 1 aliphatic rings. The second kappa shape index (κ2) is 5.47. The van der Waals surface area contributed by atoms with Crippen LogP contribution in [0.3, 0.4) is 0 Å². The third-order valence-corrected chi connectivity index (χ3v) is 4.06. The molecule has 3 rings (SSSR count). The lowest BCUT2D eigenvalue weighted by Crippen LogP contribution is -2.31. The molecule has 1 aliphatic carbocycles. The molecule has 0 aliphatic heterocycles. The summed E-state index contributed by atoms with van der Waals surface area (Å²) in [6.07, 6.45) is 4.27. The quantitative estimate of drug-likeness (QED) is 0.915. The van der Waals surface area contributed by atoms with E-state index in [1.165, 1.54) is 12.0 Å². The number of fused-ring (bicyclic) bond motifs is 2. The summed E-state index contributed by atoms with van der Waals surface area (Å²) >= 11 is 0. The topological polar surface area (TPSA) is 42.0 Å². The van der Waals surface area contributed by atoms with Gasteiger partial charge in [0.05, 0.1) is 11.1 Å². The lowest BCUT2D eigenvalue weighted by atomic mass is 9.89. The van der Waals surface area contributed by atoms with Gasteiger partial charge in [0.2, 0.25) is 0 Å². The predicted octanol–water partition coefficient (Wildman–Crippen LogP) is 3.56. The molecule has 1 aromatic carbocycles. The number of pyridine rings is 1. The minimum Gasteiger partial charge on any atom is -0.350 e. The van der Waals surface area contributed by atoms with Crippen molar-refractivity contribution in [3.05, 3.63) is 40.6 Å². The van der Waals surface area contributed by atoms with Crippen LogP contribution in [0.4, 0.5) is 0 Å². The second-order valence-corrected chi connectivity index (χ2v) is 6.27. The van der Waals surface area contributed by atoms with Crippen LogP contribution < -0.4 is 5.32 Å². The highest BCUT2D eigenvalue weighted by atomic mass is 16.1. The molecular weight excluding hydrogens is 260 g/mol. The van der Waals surface area contributed by atoms with Gasteiger partial charge < -0.3 is 5.32 Å². The minimum atomic E-state index is 0.0427. The van der Waals surface area contributed by atoms with E-state index < -0.39 is 0 Å². The Bertz CT molecular complexity index is 704. The zero-order valence-electron chi connectivity index (χ0n) is 13.0. The molecule has 0 bridgehead atoms. The molecule has 1 heterocycles. The van der Waals surface area contributed by atoms with Gasteiger partial charge in [-0.05, 0) is 64.2 Å². The molecular formula is C18H22N2O. The number of nitrogens with zero attached hydrogens (tertiary/aromatic N) is 1. The van der Waals surface area contributed by atoms with E-state index in [1.807, 2.05) is 19.9 Å². The number of hydrogen-bond donors (Lipinski definition) is 1. The molecule has 0 spiro atoms. The lowest BCUT2D eigenvalue weighted by Gasteiger charge is -2.21. The maximum absolute atomic E-state index is 12.7. The Hall–Kier alpha value is -1.90. The highest BCUT2D eigenvalue weighted by Gasteiger charge is 2.22. The van der Waals surface area contributed by atoms with E-state index >= 15 is 0 Å². The Morgan fingerprint density at radius 3 is 2.76 bits per heavy atom. The van der Waals surface area contributed by atoms with E-state index in [1.54, 1.807) is 0 Å². The van der Waals surface area contributed by atoms with Crippen molar-refractivity contribution in [1.29, 1.82) is 0 Å². The van der Waals surface area contributed by atoms with Crippen LogP contribution in [0.15, 0.2) is 18.2 Å². The van der Waals surface area contributed by atoms with Gasteiger partial charge in [-0.2, -0.15) is 0 Å². The van der Waals surface area contributed by atoms with Crippen LogP contribution in [-0.2, 0) is 12.8 Å². The van der Waals surface area contributed by atoms with E-state index in [9.17, 15) is 4.79 Å². The zero-order chi connectivity index (χ0) is 15.0. The van der Waals surface area contributed by atoms with E-state index in [4.69, 9.17) is 4.98 Å². The fraction of sp³-hybridized carbons (Fsp3) is 0.444. The van der Waals surface area contributed by atoms with E-state index in [0.717, 1.165) is 47.0 Å². The number of hydrogen-bond acceptors (Lipinski definition) is 2. The molecule has 0 saturated heterocycles. The predicted molar refractivity (Wildman–Crippen MR) is 85.7 cm³/mol. The molecule has 110 valence electrons. The Labute approximate surface area is 125 Å². The van der Waals surface area contributed by atoms with Crippen molar-refractivity contribution in [2.24, 2.45) is 0 Å². The molecule has 0 fully saturated rings. The van der Waals surface area contributed by atoms with E-state index in [-0.39, 0.29) is 11.9 Å². The smallest absolute Gasteiger partial charge is 0.252 e. The first-order valence-corrected chi connectivity index (χ1v) is 7.79. The van der Waals surface area contributed by atoms with Crippen molar-refractivity contribution in [3.8, 4) is 0 Å². The standard InChI is InChI=1S/C18H22N2O/c1-11(2)19-18(21)17-13-6-4-5-7-15(13)20-16-9-8-12(3)10-14(16)17/h8-11H,4-7H2,1-3H3,(H,19,21). The first kappa shape index (κ1) is 14.1. The number of aromatic nitrogens is 1. The van der Waals surface area contributed by atoms with Crippen molar-refractivity contribution < 1.29 is 4.79 Å². The fourth-order valence-electron chi connectivity index (χ4n) is 3.13. The SMILES string of the molecule is Cc1ccc2nc3c(c(C(=O)NC(C)C)c2c1)CCCC3. The normalized spacial score (nSPS) is 14.3. The molecule has 2 aromatic rings. The Morgan fingerprint density at radius 1 is 1.24 bits per heavy atom. The molecule has 21 heavy (non-hydrogen) atoms. The van der Waals surface area contributed by atoms with Crippen LogP contribution in [0.5, 0.6) is 0 Å². The average Bonchev–Trinajstić information content (AvgIpc) is 2.44. The number of carbonyl (C=O) groups excluding carboxylic acids is 1. The van der Waals surface area contributed by atoms with Crippen molar-refractivity contribution >= 4 is 16.8 Å². The van der Waals surface area contributed by atoms with Gasteiger partial charge in [0, 0.05) is 17.1 Å². The summed E-state index contributed by atoms with van der Waals surface area (Å²) in [4.78, 5) is 17.5. The number of benzene rings is 1. The Kier molecular flexibility index (Phi) is 3.66. The van der Waals surface area contributed by atoms with Gasteiger partial charge in [-0.25, -0.2) is 0 Å². The van der Waals surface area contributed by atoms with Gasteiger partial charge in [0.15, 0.2) is 0 Å². The molecule has 0 unspecified atom stereocenters. The third kappa shape index (κ3) is 2.65. The zero-order valence-corrected chi connectivity index (χ0v) is 13.0. The summed E-state index contributed by atoms with van der Waals surface area (Å²) in [5, 5.41) is 4.05. The maximum Gasteiger partial charge on any atom is 0.252 e. The Balaban J connectivity index is 2.26. The molecule has 3 heteroatoms. The van der Waals surface area contributed by atoms with Crippen LogP contribution >= 0.6 is 0 Å². The van der Waals surface area contributed by atoms with Gasteiger partial charge in [0.1, 0.15) is 0 Å². The first-order chi connectivity index (χ1) is 10.1. The summed E-state index contributed by atoms with van der Waals surface area (Å²) in [6, 6.07) is 6.33. The second-order valence-electron chi connectivity index (χ2n) is 6.27. The van der Waals surface area contributed by atoms with E-state index in [0.29, 0.717) is 0 Å². The van der Waals surface area contributed by atoms with Crippen LogP contribution in [0.25, 0.3) is 10.9 Å². The molecule has 1 aromatic heterocycles. The van der Waals surface area contributed by atoms with Crippen LogP contribution in [-0.4, -0.2) is 16.9 Å². The average molecular weight is 282 g/mol. The molecule has 1 amide bonds. The van der Waals surface area contributed by atoms with Crippen LogP contribution in [0.1, 0.15) is 53.9 Å². The molecule has 1 N–H and O–H groups in total. The lowest BCUT2D eigenvalue weighted by molar-refractivity contribution is 0.0943. The highest BCUT2D eigenvalue weighted by Crippen LogP contribution is 2.29. The van der Waals surface area contributed by atoms with Crippen molar-refractivity contribution in [1.82, 2.24) is 10.3 Å². The number of nitrogens with one attached hydrogen (secondary N) is 1. The summed E-state index contributed by atoms with van der Waals surface area (Å²) < 4.78 is 0. The maximum atomic E-state index is 12.7. The van der Waals surface area contributed by atoms with Crippen LogP contribution in [0, 0.1) is 6.92 Å². The van der Waals surface area contributed by atoms with Gasteiger partial charge in [0.25, 0.3) is 5.91 Å². The largest absolute Gasteiger partial charge is 0.350 e. The van der Waals surface area contributed by atoms with Gasteiger partial charge >= 0.3 is 0 Å². The van der Waals surface area contributed by atoms with Gasteiger partial charge in [-0.15, -0.1) is 0 Å². The molecule has 0 atom stereocenters. The highest BCUT2D eigenvalue weighted by molar-refractivity contribution is 6.08. The van der Waals surface area contributed by atoms with Crippen molar-refractivity contribution in [3.63, 3.8) is 0 Å². The monoisotopic (exact) mass is 282 g/mol. The third-order valence-electron chi connectivity index (χ3n) is 4.06. The summed E-state index contributed by atoms with van der Waals surface area (Å²) in [5.41, 5.74) is 5.24.